The fourth-order valence-corrected chi connectivity index (χ4v) is 5.85. The van der Waals surface area contributed by atoms with Crippen LogP contribution in [0.25, 0.3) is 0 Å². The van der Waals surface area contributed by atoms with Crippen LogP contribution in [0, 0.1) is 0 Å². The fraction of sp³-hybridized carbons (Fsp3) is 0.806. The maximum atomic E-state index is 3.38. The van der Waals surface area contributed by atoms with Crippen LogP contribution < -0.4 is 0 Å². The van der Waals surface area contributed by atoms with Gasteiger partial charge in [-0.05, 0) is 36.8 Å². The molecule has 0 aromatic heterocycles. The second kappa shape index (κ2) is 20.1. The van der Waals surface area contributed by atoms with Crippen molar-refractivity contribution in [3.8, 4) is 0 Å². The monoisotopic (exact) mass is 460 g/mol. The highest BCUT2D eigenvalue weighted by molar-refractivity contribution is 7.18. The normalized spacial score (nSPS) is 11.9. The van der Waals surface area contributed by atoms with Gasteiger partial charge in [0.1, 0.15) is 0 Å². The summed E-state index contributed by atoms with van der Waals surface area (Å²) in [7, 11) is 3.38. The first-order chi connectivity index (χ1) is 15.7. The molecule has 1 atom stereocenters. The summed E-state index contributed by atoms with van der Waals surface area (Å²) in [6.07, 6.45) is 29.1. The summed E-state index contributed by atoms with van der Waals surface area (Å²) in [6.45, 7) is 6.94. The van der Waals surface area contributed by atoms with Gasteiger partial charge in [-0.2, -0.15) is 0 Å². The van der Waals surface area contributed by atoms with E-state index in [4.69, 9.17) is 0 Å². The van der Waals surface area contributed by atoms with E-state index in [2.05, 4.69) is 54.3 Å². The Hall–Kier alpha value is -0.350. The smallest absolute Gasteiger partial charge is 0.0100 e. The molecule has 0 heterocycles. The topological polar surface area (TPSA) is 0 Å². The molecular formula is C31H57P. The molecular weight excluding hydrogens is 403 g/mol. The maximum Gasteiger partial charge on any atom is 0.0100 e. The van der Waals surface area contributed by atoms with Crippen molar-refractivity contribution in [2.45, 2.75) is 161 Å². The van der Waals surface area contributed by atoms with Crippen LogP contribution >= 0.6 is 9.24 Å². The standard InChI is InChI=1S/C31H57P/c1-4-7-10-13-16-19-24-29-25-20-21-26-30(29)31(32,27-22-17-14-11-8-5-2)28-23-18-15-12-9-6-3/h20-21,25-26H,4-19,22-24,27-28,32H2,1-3H3. The molecule has 0 amide bonds. The molecule has 32 heavy (non-hydrogen) atoms. The van der Waals surface area contributed by atoms with E-state index in [-0.39, 0.29) is 5.16 Å². The largest absolute Gasteiger partial charge is 0.126 e. The molecule has 0 radical (unpaired) electrons. The van der Waals surface area contributed by atoms with Gasteiger partial charge in [-0.25, -0.2) is 0 Å². The summed E-state index contributed by atoms with van der Waals surface area (Å²) in [4.78, 5) is 0. The van der Waals surface area contributed by atoms with Crippen molar-refractivity contribution < 1.29 is 0 Å². The highest BCUT2D eigenvalue weighted by atomic mass is 31.0. The Morgan fingerprint density at radius 1 is 0.531 bits per heavy atom. The van der Waals surface area contributed by atoms with E-state index in [1.54, 1.807) is 11.1 Å². The average molecular weight is 461 g/mol. The lowest BCUT2D eigenvalue weighted by molar-refractivity contribution is 0.449. The van der Waals surface area contributed by atoms with Gasteiger partial charge in [-0.3, -0.25) is 0 Å². The molecule has 0 N–H and O–H groups in total. The Morgan fingerprint density at radius 2 is 0.938 bits per heavy atom. The quantitative estimate of drug-likeness (QED) is 0.119. The summed E-state index contributed by atoms with van der Waals surface area (Å²) in [5.41, 5.74) is 3.29. The summed E-state index contributed by atoms with van der Waals surface area (Å²) >= 11 is 0. The number of unbranched alkanes of at least 4 members (excludes halogenated alkanes) is 15. The average Bonchev–Trinajstić information content (AvgIpc) is 2.81. The van der Waals surface area contributed by atoms with Crippen LogP contribution in [0.5, 0.6) is 0 Å². The molecule has 0 saturated carbocycles. The lowest BCUT2D eigenvalue weighted by Crippen LogP contribution is -2.20. The minimum Gasteiger partial charge on any atom is -0.126 e. The van der Waals surface area contributed by atoms with Crippen LogP contribution in [-0.2, 0) is 11.6 Å². The van der Waals surface area contributed by atoms with Gasteiger partial charge in [0.05, 0.1) is 0 Å². The molecule has 0 nitrogen and oxygen atoms in total. The van der Waals surface area contributed by atoms with E-state index in [1.165, 1.54) is 135 Å². The van der Waals surface area contributed by atoms with Crippen molar-refractivity contribution >= 4 is 9.24 Å². The summed E-state index contributed by atoms with van der Waals surface area (Å²) < 4.78 is 0. The van der Waals surface area contributed by atoms with Crippen molar-refractivity contribution in [3.63, 3.8) is 0 Å². The van der Waals surface area contributed by atoms with Crippen molar-refractivity contribution in [2.24, 2.45) is 0 Å². The molecule has 1 aromatic carbocycles. The molecule has 0 aliphatic carbocycles. The minimum absolute atomic E-state index is 0.286. The molecule has 0 aliphatic rings. The molecule has 1 rings (SSSR count). The fourth-order valence-electron chi connectivity index (χ4n) is 5.16. The lowest BCUT2D eigenvalue weighted by Gasteiger charge is -2.33. The zero-order chi connectivity index (χ0) is 23.3. The summed E-state index contributed by atoms with van der Waals surface area (Å²) in [6, 6.07) is 9.47. The predicted octanol–water partition coefficient (Wildman–Crippen LogP) is 11.2. The molecule has 186 valence electrons. The van der Waals surface area contributed by atoms with Crippen LogP contribution in [0.2, 0.25) is 0 Å². The first kappa shape index (κ1) is 29.7. The van der Waals surface area contributed by atoms with E-state index in [1.807, 2.05) is 0 Å². The third kappa shape index (κ3) is 13.4. The molecule has 0 fully saturated rings. The number of aryl methyl sites for hydroxylation is 1. The zero-order valence-corrected chi connectivity index (χ0v) is 23.4. The summed E-state index contributed by atoms with van der Waals surface area (Å²) in [5, 5.41) is 0.286. The van der Waals surface area contributed by atoms with Crippen LogP contribution in [0.4, 0.5) is 0 Å². The van der Waals surface area contributed by atoms with Crippen molar-refractivity contribution in [2.75, 3.05) is 0 Å². The third-order valence-electron chi connectivity index (χ3n) is 7.31. The van der Waals surface area contributed by atoms with Crippen LogP contribution in [-0.4, -0.2) is 0 Å². The van der Waals surface area contributed by atoms with Crippen molar-refractivity contribution in [3.05, 3.63) is 35.4 Å². The van der Waals surface area contributed by atoms with Gasteiger partial charge >= 0.3 is 0 Å². The first-order valence-corrected chi connectivity index (χ1v) is 15.1. The van der Waals surface area contributed by atoms with Gasteiger partial charge in [0.25, 0.3) is 0 Å². The maximum absolute atomic E-state index is 3.38. The van der Waals surface area contributed by atoms with Crippen LogP contribution in [0.1, 0.15) is 160 Å². The van der Waals surface area contributed by atoms with Gasteiger partial charge in [0, 0.05) is 5.16 Å². The lowest BCUT2D eigenvalue weighted by atomic mass is 9.83. The number of hydrogen-bond acceptors (Lipinski definition) is 0. The van der Waals surface area contributed by atoms with Crippen molar-refractivity contribution in [1.82, 2.24) is 0 Å². The molecule has 1 unspecified atom stereocenters. The number of benzene rings is 1. The number of hydrogen-bond donors (Lipinski definition) is 0. The second-order valence-corrected chi connectivity index (χ2v) is 11.5. The molecule has 1 aromatic rings. The van der Waals surface area contributed by atoms with Gasteiger partial charge in [-0.1, -0.05) is 154 Å². The van der Waals surface area contributed by atoms with E-state index in [0.29, 0.717) is 0 Å². The van der Waals surface area contributed by atoms with E-state index in [9.17, 15) is 0 Å². The van der Waals surface area contributed by atoms with Crippen LogP contribution in [0.15, 0.2) is 24.3 Å². The molecule has 0 aliphatic heterocycles. The highest BCUT2D eigenvalue weighted by Gasteiger charge is 2.28. The van der Waals surface area contributed by atoms with Gasteiger partial charge in [-0.15, -0.1) is 9.24 Å². The Labute approximate surface area is 205 Å². The van der Waals surface area contributed by atoms with Crippen LogP contribution in [0.3, 0.4) is 0 Å². The Kier molecular flexibility index (Phi) is 18.6. The molecule has 0 spiro atoms. The Morgan fingerprint density at radius 3 is 1.44 bits per heavy atom. The van der Waals surface area contributed by atoms with Gasteiger partial charge in [0.15, 0.2) is 0 Å². The molecule has 1 heteroatoms. The second-order valence-electron chi connectivity index (χ2n) is 10.4. The van der Waals surface area contributed by atoms with Gasteiger partial charge in [0.2, 0.25) is 0 Å². The third-order valence-corrected chi connectivity index (χ3v) is 8.19. The van der Waals surface area contributed by atoms with E-state index >= 15 is 0 Å². The number of rotatable bonds is 22. The first-order valence-electron chi connectivity index (χ1n) is 14.5. The zero-order valence-electron chi connectivity index (χ0n) is 22.2. The Bertz CT molecular complexity index is 519. The van der Waals surface area contributed by atoms with Gasteiger partial charge < -0.3 is 0 Å². The highest BCUT2D eigenvalue weighted by Crippen LogP contribution is 2.43. The molecule has 0 bridgehead atoms. The van der Waals surface area contributed by atoms with Crippen molar-refractivity contribution in [1.29, 1.82) is 0 Å². The summed E-state index contributed by atoms with van der Waals surface area (Å²) in [5.74, 6) is 0. The Balaban J connectivity index is 2.69. The molecule has 0 saturated heterocycles. The minimum atomic E-state index is 0.286. The van der Waals surface area contributed by atoms with E-state index < -0.39 is 0 Å². The predicted molar refractivity (Wildman–Crippen MR) is 151 cm³/mol. The van der Waals surface area contributed by atoms with E-state index in [0.717, 1.165) is 0 Å². The SMILES string of the molecule is CCCCCCCCc1ccccc1C(P)(CCCCCCCC)CCCCCCCC.